The fourth-order valence-corrected chi connectivity index (χ4v) is 3.47. The topological polar surface area (TPSA) is 44.4 Å². The fourth-order valence-electron chi connectivity index (χ4n) is 3.47. The number of hydrogen-bond donors (Lipinski definition) is 2. The highest BCUT2D eigenvalue weighted by Gasteiger charge is 2.40. The standard InChI is InChI=1S/C16H31N3O/c1-13(2)14(3)18-15(20)11-19-10-9-17-12-16(19)7-5-4-6-8-16/h13-14,17H,4-12H2,1-3H3,(H,18,20). The van der Waals surface area contributed by atoms with E-state index in [1.165, 1.54) is 32.1 Å². The van der Waals surface area contributed by atoms with Crippen LogP contribution >= 0.6 is 0 Å². The Morgan fingerprint density at radius 2 is 1.95 bits per heavy atom. The zero-order valence-electron chi connectivity index (χ0n) is 13.4. The van der Waals surface area contributed by atoms with Crippen LogP contribution in [-0.4, -0.2) is 48.6 Å². The Morgan fingerprint density at radius 3 is 2.60 bits per heavy atom. The van der Waals surface area contributed by atoms with Gasteiger partial charge in [0.25, 0.3) is 0 Å². The van der Waals surface area contributed by atoms with Gasteiger partial charge in [0, 0.05) is 31.2 Å². The predicted octanol–water partition coefficient (Wildman–Crippen LogP) is 1.76. The Morgan fingerprint density at radius 1 is 1.25 bits per heavy atom. The van der Waals surface area contributed by atoms with E-state index in [-0.39, 0.29) is 17.5 Å². The van der Waals surface area contributed by atoms with Gasteiger partial charge in [-0.3, -0.25) is 9.69 Å². The molecule has 4 nitrogen and oxygen atoms in total. The van der Waals surface area contributed by atoms with E-state index in [0.29, 0.717) is 12.5 Å². The molecule has 1 amide bonds. The molecule has 1 saturated heterocycles. The maximum absolute atomic E-state index is 12.3. The number of amides is 1. The monoisotopic (exact) mass is 281 g/mol. The zero-order chi connectivity index (χ0) is 14.6. The van der Waals surface area contributed by atoms with Gasteiger partial charge in [0.2, 0.25) is 5.91 Å². The molecule has 1 atom stereocenters. The Balaban J connectivity index is 1.93. The van der Waals surface area contributed by atoms with Gasteiger partial charge in [0.05, 0.1) is 6.54 Å². The number of nitrogens with zero attached hydrogens (tertiary/aromatic N) is 1. The van der Waals surface area contributed by atoms with Crippen molar-refractivity contribution in [1.29, 1.82) is 0 Å². The number of carbonyl (C=O) groups is 1. The largest absolute Gasteiger partial charge is 0.352 e. The van der Waals surface area contributed by atoms with Crippen molar-refractivity contribution in [1.82, 2.24) is 15.5 Å². The van der Waals surface area contributed by atoms with Crippen LogP contribution in [0.5, 0.6) is 0 Å². The minimum Gasteiger partial charge on any atom is -0.352 e. The summed E-state index contributed by atoms with van der Waals surface area (Å²) in [4.78, 5) is 14.7. The molecule has 116 valence electrons. The van der Waals surface area contributed by atoms with Crippen molar-refractivity contribution in [2.24, 2.45) is 5.92 Å². The van der Waals surface area contributed by atoms with Crippen LogP contribution in [0, 0.1) is 5.92 Å². The summed E-state index contributed by atoms with van der Waals surface area (Å²) in [5.74, 6) is 0.684. The van der Waals surface area contributed by atoms with Crippen LogP contribution < -0.4 is 10.6 Å². The molecule has 1 aliphatic heterocycles. The van der Waals surface area contributed by atoms with E-state index in [2.05, 4.69) is 36.3 Å². The molecule has 0 bridgehead atoms. The first-order valence-electron chi connectivity index (χ1n) is 8.29. The summed E-state index contributed by atoms with van der Waals surface area (Å²) >= 11 is 0. The van der Waals surface area contributed by atoms with Crippen LogP contribution in [0.25, 0.3) is 0 Å². The molecular weight excluding hydrogens is 250 g/mol. The van der Waals surface area contributed by atoms with E-state index in [4.69, 9.17) is 0 Å². The first kappa shape index (κ1) is 15.8. The molecule has 1 unspecified atom stereocenters. The molecule has 0 aromatic carbocycles. The highest BCUT2D eigenvalue weighted by atomic mass is 16.2. The maximum atomic E-state index is 12.3. The van der Waals surface area contributed by atoms with Crippen LogP contribution in [0.3, 0.4) is 0 Å². The first-order valence-corrected chi connectivity index (χ1v) is 8.29. The number of rotatable bonds is 4. The van der Waals surface area contributed by atoms with Crippen molar-refractivity contribution in [2.45, 2.75) is 64.5 Å². The molecule has 0 radical (unpaired) electrons. The minimum absolute atomic E-state index is 0.193. The van der Waals surface area contributed by atoms with Crippen LogP contribution in [0.15, 0.2) is 0 Å². The van der Waals surface area contributed by atoms with E-state index in [1.54, 1.807) is 0 Å². The van der Waals surface area contributed by atoms with Gasteiger partial charge in [-0.1, -0.05) is 33.1 Å². The van der Waals surface area contributed by atoms with E-state index in [9.17, 15) is 4.79 Å². The average Bonchev–Trinajstić information content (AvgIpc) is 2.42. The molecule has 1 spiro atoms. The van der Waals surface area contributed by atoms with Gasteiger partial charge >= 0.3 is 0 Å². The second-order valence-electron chi connectivity index (χ2n) is 6.98. The molecule has 1 aliphatic carbocycles. The lowest BCUT2D eigenvalue weighted by atomic mass is 9.79. The lowest BCUT2D eigenvalue weighted by Crippen LogP contribution is -2.63. The highest BCUT2D eigenvalue weighted by Crippen LogP contribution is 2.34. The fraction of sp³-hybridized carbons (Fsp3) is 0.938. The second kappa shape index (κ2) is 6.90. The number of piperazine rings is 1. The van der Waals surface area contributed by atoms with Gasteiger partial charge in [0.1, 0.15) is 0 Å². The van der Waals surface area contributed by atoms with E-state index >= 15 is 0 Å². The van der Waals surface area contributed by atoms with Crippen molar-refractivity contribution < 1.29 is 4.79 Å². The summed E-state index contributed by atoms with van der Waals surface area (Å²) in [6, 6.07) is 0.257. The summed E-state index contributed by atoms with van der Waals surface area (Å²) in [5, 5.41) is 6.68. The smallest absolute Gasteiger partial charge is 0.234 e. The summed E-state index contributed by atoms with van der Waals surface area (Å²) in [6.07, 6.45) is 6.45. The zero-order valence-corrected chi connectivity index (χ0v) is 13.4. The molecule has 1 heterocycles. The van der Waals surface area contributed by atoms with Gasteiger partial charge < -0.3 is 10.6 Å². The van der Waals surface area contributed by atoms with Crippen LogP contribution in [0.2, 0.25) is 0 Å². The molecule has 0 aromatic heterocycles. The van der Waals surface area contributed by atoms with Crippen molar-refractivity contribution in [3.8, 4) is 0 Å². The van der Waals surface area contributed by atoms with Gasteiger partial charge in [-0.2, -0.15) is 0 Å². The highest BCUT2D eigenvalue weighted by molar-refractivity contribution is 5.78. The Labute approximate surface area is 123 Å². The quantitative estimate of drug-likeness (QED) is 0.825. The van der Waals surface area contributed by atoms with Crippen LogP contribution in [-0.2, 0) is 4.79 Å². The normalized spacial score (nSPS) is 24.8. The number of hydrogen-bond acceptors (Lipinski definition) is 3. The maximum Gasteiger partial charge on any atom is 0.234 e. The number of nitrogens with one attached hydrogen (secondary N) is 2. The van der Waals surface area contributed by atoms with Crippen molar-refractivity contribution in [3.63, 3.8) is 0 Å². The van der Waals surface area contributed by atoms with Gasteiger partial charge in [-0.15, -0.1) is 0 Å². The third-order valence-corrected chi connectivity index (χ3v) is 5.19. The van der Waals surface area contributed by atoms with Crippen LogP contribution in [0.1, 0.15) is 52.9 Å². The lowest BCUT2D eigenvalue weighted by Gasteiger charge is -2.49. The lowest BCUT2D eigenvalue weighted by molar-refractivity contribution is -0.125. The van der Waals surface area contributed by atoms with E-state index in [0.717, 1.165) is 19.6 Å². The molecule has 0 aromatic rings. The molecular formula is C16H31N3O. The minimum atomic E-state index is 0.193. The molecule has 2 N–H and O–H groups in total. The molecule has 2 fully saturated rings. The SMILES string of the molecule is CC(C)C(C)NC(=O)CN1CCNCC12CCCCC2. The summed E-state index contributed by atoms with van der Waals surface area (Å²) in [7, 11) is 0. The second-order valence-corrected chi connectivity index (χ2v) is 6.98. The molecule has 2 aliphatic rings. The number of carbonyl (C=O) groups excluding carboxylic acids is 1. The third kappa shape index (κ3) is 3.73. The van der Waals surface area contributed by atoms with Crippen molar-refractivity contribution in [3.05, 3.63) is 0 Å². The van der Waals surface area contributed by atoms with E-state index in [1.807, 2.05) is 0 Å². The molecule has 1 saturated carbocycles. The van der Waals surface area contributed by atoms with Crippen molar-refractivity contribution in [2.75, 3.05) is 26.2 Å². The molecule has 4 heteroatoms. The average molecular weight is 281 g/mol. The van der Waals surface area contributed by atoms with Crippen molar-refractivity contribution >= 4 is 5.91 Å². The van der Waals surface area contributed by atoms with E-state index < -0.39 is 0 Å². The Kier molecular flexibility index (Phi) is 5.44. The van der Waals surface area contributed by atoms with Crippen LogP contribution in [0.4, 0.5) is 0 Å². The van der Waals surface area contributed by atoms with Gasteiger partial charge in [0.15, 0.2) is 0 Å². The third-order valence-electron chi connectivity index (χ3n) is 5.19. The first-order chi connectivity index (χ1) is 9.53. The predicted molar refractivity (Wildman–Crippen MR) is 82.7 cm³/mol. The summed E-state index contributed by atoms with van der Waals surface area (Å²) < 4.78 is 0. The summed E-state index contributed by atoms with van der Waals surface area (Å²) in [5.41, 5.74) is 0.245. The van der Waals surface area contributed by atoms with Gasteiger partial charge in [-0.25, -0.2) is 0 Å². The van der Waals surface area contributed by atoms with Gasteiger partial charge in [-0.05, 0) is 25.7 Å². The summed E-state index contributed by atoms with van der Waals surface area (Å²) in [6.45, 7) is 10.0. The molecule has 2 rings (SSSR count). The molecule has 20 heavy (non-hydrogen) atoms. The Bertz CT molecular complexity index is 315. The Hall–Kier alpha value is -0.610.